The van der Waals surface area contributed by atoms with E-state index in [-0.39, 0.29) is 5.91 Å². The molecular weight excluding hydrogens is 358 g/mol. The van der Waals surface area contributed by atoms with Crippen LogP contribution in [0.1, 0.15) is 37.1 Å². The van der Waals surface area contributed by atoms with Crippen molar-refractivity contribution in [3.8, 4) is 0 Å². The maximum absolute atomic E-state index is 12.3. The van der Waals surface area contributed by atoms with Crippen molar-refractivity contribution in [1.82, 2.24) is 24.9 Å². The zero-order valence-corrected chi connectivity index (χ0v) is 15.9. The molecule has 7 heteroatoms. The number of hydrogen-bond acceptors (Lipinski definition) is 4. The summed E-state index contributed by atoms with van der Waals surface area (Å²) in [5.74, 6) is 1.26. The molecule has 6 nitrogen and oxygen atoms in total. The number of amides is 1. The lowest BCUT2D eigenvalue weighted by molar-refractivity contribution is -0.119. The first-order chi connectivity index (χ1) is 13.3. The molecule has 0 radical (unpaired) electrons. The van der Waals surface area contributed by atoms with Crippen LogP contribution in [0, 0.1) is 0 Å². The third-order valence-corrected chi connectivity index (χ3v) is 5.67. The van der Waals surface area contributed by atoms with E-state index >= 15 is 0 Å². The summed E-state index contributed by atoms with van der Waals surface area (Å²) < 4.78 is 3.93. The fourth-order valence-corrected chi connectivity index (χ4v) is 4.20. The van der Waals surface area contributed by atoms with Crippen molar-refractivity contribution in [3.05, 3.63) is 66.2 Å². The van der Waals surface area contributed by atoms with E-state index in [1.165, 1.54) is 30.2 Å². The van der Waals surface area contributed by atoms with Gasteiger partial charge in [-0.1, -0.05) is 54.9 Å². The lowest BCUT2D eigenvalue weighted by Crippen LogP contribution is -2.33. The van der Waals surface area contributed by atoms with Crippen LogP contribution in [0.3, 0.4) is 0 Å². The number of thioether (sulfide) groups is 1. The standard InChI is InChI=1S/C20H23N5OS/c26-19(21-17-10-4-5-11-17)15-27-20-23-22-18(14-16-8-2-1-3-9-16)25(20)24-12-6-7-13-24/h1-3,6-9,12-13,17H,4-5,10-11,14-15H2,(H,21,26). The minimum Gasteiger partial charge on any atom is -0.353 e. The Labute approximate surface area is 163 Å². The first-order valence-electron chi connectivity index (χ1n) is 9.33. The van der Waals surface area contributed by atoms with Crippen LogP contribution in [-0.2, 0) is 11.2 Å². The van der Waals surface area contributed by atoms with E-state index in [2.05, 4.69) is 27.6 Å². The lowest BCUT2D eigenvalue weighted by atomic mass is 10.1. The van der Waals surface area contributed by atoms with Gasteiger partial charge < -0.3 is 5.32 Å². The molecule has 27 heavy (non-hydrogen) atoms. The van der Waals surface area contributed by atoms with Gasteiger partial charge in [-0.25, -0.2) is 4.68 Å². The van der Waals surface area contributed by atoms with Crippen LogP contribution >= 0.6 is 11.8 Å². The van der Waals surface area contributed by atoms with E-state index in [0.29, 0.717) is 18.2 Å². The number of nitrogens with zero attached hydrogens (tertiary/aromatic N) is 4. The molecule has 0 spiro atoms. The van der Waals surface area contributed by atoms with Crippen molar-refractivity contribution in [2.24, 2.45) is 0 Å². The molecular formula is C20H23N5OS. The van der Waals surface area contributed by atoms with Gasteiger partial charge in [-0.05, 0) is 30.5 Å². The van der Waals surface area contributed by atoms with Crippen LogP contribution in [0.15, 0.2) is 60.0 Å². The minimum atomic E-state index is 0.0681. The van der Waals surface area contributed by atoms with Gasteiger partial charge in [0.1, 0.15) is 0 Å². The third-order valence-electron chi connectivity index (χ3n) is 4.75. The highest BCUT2D eigenvalue weighted by atomic mass is 32.2. The lowest BCUT2D eigenvalue weighted by Gasteiger charge is -2.13. The Morgan fingerprint density at radius 1 is 1.07 bits per heavy atom. The molecule has 0 unspecified atom stereocenters. The van der Waals surface area contributed by atoms with E-state index in [1.54, 1.807) is 0 Å². The van der Waals surface area contributed by atoms with Crippen molar-refractivity contribution in [1.29, 1.82) is 0 Å². The minimum absolute atomic E-state index is 0.0681. The highest BCUT2D eigenvalue weighted by Crippen LogP contribution is 2.21. The van der Waals surface area contributed by atoms with E-state index in [4.69, 9.17) is 0 Å². The van der Waals surface area contributed by atoms with E-state index < -0.39 is 0 Å². The van der Waals surface area contributed by atoms with Gasteiger partial charge in [-0.3, -0.25) is 9.47 Å². The molecule has 4 rings (SSSR count). The topological polar surface area (TPSA) is 64.7 Å². The van der Waals surface area contributed by atoms with Crippen molar-refractivity contribution in [3.63, 3.8) is 0 Å². The van der Waals surface area contributed by atoms with Crippen LogP contribution in [0.5, 0.6) is 0 Å². The van der Waals surface area contributed by atoms with Gasteiger partial charge in [-0.2, -0.15) is 0 Å². The number of carbonyl (C=O) groups is 1. The Bertz CT molecular complexity index is 869. The maximum Gasteiger partial charge on any atom is 0.230 e. The van der Waals surface area contributed by atoms with Gasteiger partial charge in [0.2, 0.25) is 11.1 Å². The first-order valence-corrected chi connectivity index (χ1v) is 10.3. The highest BCUT2D eigenvalue weighted by Gasteiger charge is 2.19. The average molecular weight is 382 g/mol. The summed E-state index contributed by atoms with van der Waals surface area (Å²) in [4.78, 5) is 12.3. The number of aromatic nitrogens is 4. The predicted molar refractivity (Wildman–Crippen MR) is 106 cm³/mol. The molecule has 0 bridgehead atoms. The van der Waals surface area contributed by atoms with Gasteiger partial charge in [0.25, 0.3) is 0 Å². The summed E-state index contributed by atoms with van der Waals surface area (Å²) >= 11 is 1.42. The number of rotatable bonds is 7. The molecule has 0 atom stereocenters. The molecule has 1 fully saturated rings. The van der Waals surface area contributed by atoms with Gasteiger partial charge in [0.15, 0.2) is 5.82 Å². The molecule has 2 aromatic heterocycles. The highest BCUT2D eigenvalue weighted by molar-refractivity contribution is 7.99. The molecule has 140 valence electrons. The maximum atomic E-state index is 12.3. The number of benzene rings is 1. The van der Waals surface area contributed by atoms with Gasteiger partial charge in [0, 0.05) is 24.9 Å². The average Bonchev–Trinajstić information content (AvgIpc) is 3.43. The monoisotopic (exact) mass is 381 g/mol. The molecule has 1 aromatic carbocycles. The van der Waals surface area contributed by atoms with Crippen molar-refractivity contribution in [2.45, 2.75) is 43.3 Å². The first kappa shape index (κ1) is 17.9. The fraction of sp³-hybridized carbons (Fsp3) is 0.350. The van der Waals surface area contributed by atoms with Crippen molar-refractivity contribution >= 4 is 17.7 Å². The zero-order chi connectivity index (χ0) is 18.5. The summed E-state index contributed by atoms with van der Waals surface area (Å²) in [6.45, 7) is 0. The normalized spacial score (nSPS) is 14.5. The van der Waals surface area contributed by atoms with Crippen LogP contribution < -0.4 is 5.32 Å². The second kappa shape index (κ2) is 8.43. The fourth-order valence-electron chi connectivity index (χ4n) is 3.43. The third kappa shape index (κ3) is 4.42. The van der Waals surface area contributed by atoms with E-state index in [1.807, 2.05) is 52.1 Å². The van der Waals surface area contributed by atoms with Gasteiger partial charge >= 0.3 is 0 Å². The van der Waals surface area contributed by atoms with Gasteiger partial charge in [0.05, 0.1) is 5.75 Å². The SMILES string of the molecule is O=C(CSc1nnc(Cc2ccccc2)n1-n1cccc1)NC1CCCC1. The van der Waals surface area contributed by atoms with Crippen LogP contribution in [0.25, 0.3) is 0 Å². The molecule has 1 amide bonds. The van der Waals surface area contributed by atoms with Crippen LogP contribution in [-0.4, -0.2) is 37.3 Å². The Hall–Kier alpha value is -2.54. The number of hydrogen-bond donors (Lipinski definition) is 1. The van der Waals surface area contributed by atoms with E-state index in [0.717, 1.165) is 23.8 Å². The van der Waals surface area contributed by atoms with Crippen molar-refractivity contribution in [2.75, 3.05) is 5.75 Å². The molecule has 1 aliphatic rings. The van der Waals surface area contributed by atoms with Crippen LogP contribution in [0.4, 0.5) is 0 Å². The molecule has 0 aliphatic heterocycles. The predicted octanol–water partition coefficient (Wildman–Crippen LogP) is 3.13. The van der Waals surface area contributed by atoms with Crippen LogP contribution in [0.2, 0.25) is 0 Å². The number of nitrogens with one attached hydrogen (secondary N) is 1. The Balaban J connectivity index is 1.49. The molecule has 2 heterocycles. The smallest absolute Gasteiger partial charge is 0.230 e. The molecule has 1 saturated carbocycles. The Morgan fingerprint density at radius 3 is 2.56 bits per heavy atom. The Kier molecular flexibility index (Phi) is 5.58. The zero-order valence-electron chi connectivity index (χ0n) is 15.1. The molecule has 0 saturated heterocycles. The second-order valence-corrected chi connectivity index (χ2v) is 7.72. The summed E-state index contributed by atoms with van der Waals surface area (Å²) in [5.41, 5.74) is 1.17. The summed E-state index contributed by atoms with van der Waals surface area (Å²) in [7, 11) is 0. The quantitative estimate of drug-likeness (QED) is 0.639. The largest absolute Gasteiger partial charge is 0.353 e. The summed E-state index contributed by atoms with van der Waals surface area (Å²) in [6, 6.07) is 14.5. The summed E-state index contributed by atoms with van der Waals surface area (Å²) in [6.07, 6.45) is 9.21. The molecule has 3 aromatic rings. The second-order valence-electron chi connectivity index (χ2n) is 6.77. The molecule has 1 N–H and O–H groups in total. The Morgan fingerprint density at radius 2 is 1.81 bits per heavy atom. The number of carbonyl (C=O) groups excluding carboxylic acids is 1. The van der Waals surface area contributed by atoms with E-state index in [9.17, 15) is 4.79 Å². The summed E-state index contributed by atoms with van der Waals surface area (Å²) in [5, 5.41) is 12.6. The van der Waals surface area contributed by atoms with Gasteiger partial charge in [-0.15, -0.1) is 10.2 Å². The molecule has 1 aliphatic carbocycles. The van der Waals surface area contributed by atoms with Crippen molar-refractivity contribution < 1.29 is 4.79 Å².